The lowest BCUT2D eigenvalue weighted by molar-refractivity contribution is 0.231. The van der Waals surface area contributed by atoms with Crippen LogP contribution in [-0.2, 0) is 18.8 Å². The highest BCUT2D eigenvalue weighted by atomic mass is 35.5. The SMILES string of the molecule is CCOS(=O)(=O)OCC.Cl. The lowest BCUT2D eigenvalue weighted by atomic mass is 10.9. The third-order valence-corrected chi connectivity index (χ3v) is 1.57. The third-order valence-electron chi connectivity index (χ3n) is 0.524. The second kappa shape index (κ2) is 5.91. The van der Waals surface area contributed by atoms with Crippen LogP contribution in [0.1, 0.15) is 13.8 Å². The van der Waals surface area contributed by atoms with Gasteiger partial charge in [-0.05, 0) is 13.8 Å². The molecule has 64 valence electrons. The van der Waals surface area contributed by atoms with Crippen molar-refractivity contribution in [1.29, 1.82) is 0 Å². The molecule has 0 saturated heterocycles. The lowest BCUT2D eigenvalue weighted by Gasteiger charge is -1.99. The van der Waals surface area contributed by atoms with Crippen molar-refractivity contribution in [1.82, 2.24) is 0 Å². The monoisotopic (exact) mass is 190 g/mol. The molecule has 6 heteroatoms. The first kappa shape index (κ1) is 12.8. The van der Waals surface area contributed by atoms with Crippen LogP contribution in [0.3, 0.4) is 0 Å². The molecule has 4 nitrogen and oxygen atoms in total. The normalized spacial score (nSPS) is 10.6. The Morgan fingerprint density at radius 3 is 1.60 bits per heavy atom. The van der Waals surface area contributed by atoms with Gasteiger partial charge in [-0.25, -0.2) is 8.37 Å². The Balaban J connectivity index is 0. The highest BCUT2D eigenvalue weighted by Gasteiger charge is 2.06. The number of hydrogen-bond acceptors (Lipinski definition) is 4. The maximum atomic E-state index is 10.4. The van der Waals surface area contributed by atoms with Gasteiger partial charge in [0.05, 0.1) is 13.2 Å². The first-order chi connectivity index (χ1) is 4.12. The quantitative estimate of drug-likeness (QED) is 0.656. The van der Waals surface area contributed by atoms with E-state index in [1.165, 1.54) is 0 Å². The van der Waals surface area contributed by atoms with Crippen LogP contribution in [0.25, 0.3) is 0 Å². The molecule has 0 saturated carbocycles. The van der Waals surface area contributed by atoms with Crippen LogP contribution in [0.5, 0.6) is 0 Å². The number of rotatable bonds is 4. The molecular weight excluding hydrogens is 180 g/mol. The first-order valence-corrected chi connectivity index (χ1v) is 3.99. The molecule has 0 radical (unpaired) electrons. The van der Waals surface area contributed by atoms with Crippen molar-refractivity contribution in [2.45, 2.75) is 13.8 Å². The molecule has 0 unspecified atom stereocenters. The van der Waals surface area contributed by atoms with E-state index in [4.69, 9.17) is 0 Å². The van der Waals surface area contributed by atoms with Gasteiger partial charge in [0.1, 0.15) is 0 Å². The van der Waals surface area contributed by atoms with E-state index in [0.29, 0.717) is 0 Å². The molecule has 0 atom stereocenters. The molecule has 0 amide bonds. The number of halogens is 1. The maximum absolute atomic E-state index is 10.4. The van der Waals surface area contributed by atoms with Gasteiger partial charge in [0.25, 0.3) is 0 Å². The minimum atomic E-state index is -3.68. The molecule has 0 aromatic rings. The fourth-order valence-electron chi connectivity index (χ4n) is 0.323. The summed E-state index contributed by atoms with van der Waals surface area (Å²) in [5.74, 6) is 0. The van der Waals surface area contributed by atoms with Crippen LogP contribution < -0.4 is 0 Å². The Bertz CT molecular complexity index is 141. The molecular formula is C4H11ClO4S. The molecule has 0 heterocycles. The summed E-state index contributed by atoms with van der Waals surface area (Å²) in [5.41, 5.74) is 0. The van der Waals surface area contributed by atoms with Crippen molar-refractivity contribution < 1.29 is 16.8 Å². The van der Waals surface area contributed by atoms with Crippen LogP contribution in [0.2, 0.25) is 0 Å². The second-order valence-corrected chi connectivity index (χ2v) is 2.51. The fourth-order valence-corrected chi connectivity index (χ4v) is 0.968. The van der Waals surface area contributed by atoms with Crippen molar-refractivity contribution in [3.63, 3.8) is 0 Å². The van der Waals surface area contributed by atoms with Crippen LogP contribution in [0, 0.1) is 0 Å². The molecule has 0 fully saturated rings. The second-order valence-electron chi connectivity index (χ2n) is 1.22. The fraction of sp³-hybridized carbons (Fsp3) is 1.00. The standard InChI is InChI=1S/C4H10O4S.ClH/c1-3-7-9(5,6)8-4-2;/h3-4H2,1-2H3;1H. The first-order valence-electron chi connectivity index (χ1n) is 2.66. The Morgan fingerprint density at radius 1 is 1.10 bits per heavy atom. The Hall–Kier alpha value is 0.160. The maximum Gasteiger partial charge on any atom is 0.399 e. The van der Waals surface area contributed by atoms with Gasteiger partial charge in [0.15, 0.2) is 0 Å². The molecule has 0 bridgehead atoms. The average Bonchev–Trinajstić information content (AvgIpc) is 1.64. The van der Waals surface area contributed by atoms with E-state index < -0.39 is 10.4 Å². The largest absolute Gasteiger partial charge is 0.399 e. The summed E-state index contributed by atoms with van der Waals surface area (Å²) in [6, 6.07) is 0. The van der Waals surface area contributed by atoms with E-state index in [9.17, 15) is 8.42 Å². The zero-order valence-corrected chi connectivity index (χ0v) is 7.50. The molecule has 0 aromatic heterocycles. The van der Waals surface area contributed by atoms with E-state index in [-0.39, 0.29) is 25.6 Å². The van der Waals surface area contributed by atoms with Crippen LogP contribution in [0.4, 0.5) is 0 Å². The van der Waals surface area contributed by atoms with Crippen molar-refractivity contribution in [2.75, 3.05) is 13.2 Å². The smallest absolute Gasteiger partial charge is 0.248 e. The van der Waals surface area contributed by atoms with E-state index in [1.54, 1.807) is 13.8 Å². The summed E-state index contributed by atoms with van der Waals surface area (Å²) in [6.07, 6.45) is 0. The van der Waals surface area contributed by atoms with E-state index in [1.807, 2.05) is 0 Å². The van der Waals surface area contributed by atoms with Crippen LogP contribution in [-0.4, -0.2) is 21.6 Å². The van der Waals surface area contributed by atoms with Gasteiger partial charge in [0.2, 0.25) is 0 Å². The molecule has 0 aliphatic rings. The van der Waals surface area contributed by atoms with Gasteiger partial charge in [-0.2, -0.15) is 8.42 Å². The molecule has 0 spiro atoms. The van der Waals surface area contributed by atoms with Gasteiger partial charge in [-0.3, -0.25) is 0 Å². The zero-order valence-electron chi connectivity index (χ0n) is 5.86. The van der Waals surface area contributed by atoms with Crippen molar-refractivity contribution in [2.24, 2.45) is 0 Å². The van der Waals surface area contributed by atoms with Crippen molar-refractivity contribution in [3.8, 4) is 0 Å². The number of hydrogen-bond donors (Lipinski definition) is 0. The van der Waals surface area contributed by atoms with Gasteiger partial charge >= 0.3 is 10.4 Å². The topological polar surface area (TPSA) is 52.6 Å². The molecule has 0 aromatic carbocycles. The van der Waals surface area contributed by atoms with Crippen molar-refractivity contribution >= 4 is 22.8 Å². The van der Waals surface area contributed by atoms with E-state index >= 15 is 0 Å². The summed E-state index contributed by atoms with van der Waals surface area (Å²) in [4.78, 5) is 0. The zero-order chi connectivity index (χ0) is 7.33. The van der Waals surface area contributed by atoms with Crippen LogP contribution in [0.15, 0.2) is 0 Å². The third kappa shape index (κ3) is 6.28. The summed E-state index contributed by atoms with van der Waals surface area (Å²) in [6.45, 7) is 3.39. The van der Waals surface area contributed by atoms with Gasteiger partial charge in [0, 0.05) is 0 Å². The molecule has 0 rings (SSSR count). The molecule has 10 heavy (non-hydrogen) atoms. The highest BCUT2D eigenvalue weighted by molar-refractivity contribution is 7.81. The summed E-state index contributed by atoms with van der Waals surface area (Å²) in [5, 5.41) is 0. The Morgan fingerprint density at radius 2 is 1.40 bits per heavy atom. The molecule has 0 aliphatic carbocycles. The summed E-state index contributed by atoms with van der Waals surface area (Å²) in [7, 11) is -3.68. The molecule has 0 N–H and O–H groups in total. The predicted molar refractivity (Wildman–Crippen MR) is 39.4 cm³/mol. The average molecular weight is 191 g/mol. The summed E-state index contributed by atoms with van der Waals surface area (Å²) >= 11 is 0. The minimum absolute atomic E-state index is 0. The van der Waals surface area contributed by atoms with Gasteiger partial charge in [-0.1, -0.05) is 0 Å². The van der Waals surface area contributed by atoms with Crippen molar-refractivity contribution in [3.05, 3.63) is 0 Å². The highest BCUT2D eigenvalue weighted by Crippen LogP contribution is 1.93. The Kier molecular flexibility index (Phi) is 7.56. The predicted octanol–water partition coefficient (Wildman–Crippen LogP) is 0.726. The Labute approximate surface area is 67.3 Å². The van der Waals surface area contributed by atoms with Gasteiger partial charge < -0.3 is 0 Å². The van der Waals surface area contributed by atoms with Gasteiger partial charge in [-0.15, -0.1) is 12.4 Å². The lowest BCUT2D eigenvalue weighted by Crippen LogP contribution is -2.09. The van der Waals surface area contributed by atoms with E-state index in [0.717, 1.165) is 0 Å². The van der Waals surface area contributed by atoms with Crippen LogP contribution >= 0.6 is 12.4 Å². The molecule has 0 aliphatic heterocycles. The summed E-state index contributed by atoms with van der Waals surface area (Å²) < 4.78 is 29.2. The minimum Gasteiger partial charge on any atom is -0.248 e. The van der Waals surface area contributed by atoms with E-state index in [2.05, 4.69) is 8.37 Å².